The summed E-state index contributed by atoms with van der Waals surface area (Å²) in [5, 5.41) is 5.34. The number of amides is 1. The lowest BCUT2D eigenvalue weighted by Gasteiger charge is -2.09. The normalized spacial score (nSPS) is 11.0. The molecule has 0 aliphatic carbocycles. The Bertz CT molecular complexity index is 1150. The third-order valence-electron chi connectivity index (χ3n) is 4.22. The van der Waals surface area contributed by atoms with Gasteiger partial charge in [0.25, 0.3) is 5.91 Å². The molecule has 0 saturated heterocycles. The molecule has 0 aliphatic heterocycles. The van der Waals surface area contributed by atoms with Gasteiger partial charge in [-0.1, -0.05) is 12.1 Å². The molecule has 1 amide bonds. The molecule has 4 rings (SSSR count). The summed E-state index contributed by atoms with van der Waals surface area (Å²) in [5.41, 5.74) is 10.1. The number of pyridine rings is 1. The summed E-state index contributed by atoms with van der Waals surface area (Å²) in [6.07, 6.45) is 7.64. The number of benzene rings is 1. The molecule has 0 radical (unpaired) electrons. The highest BCUT2D eigenvalue weighted by Gasteiger charge is 2.13. The predicted molar refractivity (Wildman–Crippen MR) is 102 cm³/mol. The minimum atomic E-state index is -0.571. The first-order valence-electron chi connectivity index (χ1n) is 8.18. The van der Waals surface area contributed by atoms with Crippen LogP contribution in [-0.4, -0.2) is 30.6 Å². The molecular weight excluding hydrogens is 364 g/mol. The van der Waals surface area contributed by atoms with Gasteiger partial charge in [-0.15, -0.1) is 0 Å². The lowest BCUT2D eigenvalue weighted by atomic mass is 9.99. The Kier molecular flexibility index (Phi) is 4.29. The first kappa shape index (κ1) is 17.1. The van der Waals surface area contributed by atoms with Crippen LogP contribution in [0.25, 0.3) is 22.0 Å². The lowest BCUT2D eigenvalue weighted by molar-refractivity contribution is 0.0996. The Labute approximate surface area is 159 Å². The largest absolute Gasteiger partial charge is 0.364 e. The SMILES string of the molecule is Cn1cc(-c2cc(C(N)=O)nc3cc(Cc4cnc(Cl)nc4)ccc23)cn1. The van der Waals surface area contributed by atoms with Crippen LogP contribution < -0.4 is 5.73 Å². The van der Waals surface area contributed by atoms with Crippen molar-refractivity contribution in [3.63, 3.8) is 0 Å². The summed E-state index contributed by atoms with van der Waals surface area (Å²) in [6.45, 7) is 0. The van der Waals surface area contributed by atoms with E-state index < -0.39 is 5.91 Å². The quantitative estimate of drug-likeness (QED) is 0.550. The van der Waals surface area contributed by atoms with E-state index in [1.807, 2.05) is 31.4 Å². The maximum Gasteiger partial charge on any atom is 0.267 e. The average Bonchev–Trinajstić information content (AvgIpc) is 3.08. The van der Waals surface area contributed by atoms with Crippen molar-refractivity contribution < 1.29 is 4.79 Å². The molecule has 0 spiro atoms. The molecule has 7 nitrogen and oxygen atoms in total. The van der Waals surface area contributed by atoms with Gasteiger partial charge in [-0.05, 0) is 40.4 Å². The number of fused-ring (bicyclic) bond motifs is 1. The number of halogens is 1. The Morgan fingerprint density at radius 1 is 1.15 bits per heavy atom. The van der Waals surface area contributed by atoms with Crippen LogP contribution >= 0.6 is 11.6 Å². The third kappa shape index (κ3) is 3.50. The van der Waals surface area contributed by atoms with Crippen molar-refractivity contribution in [2.45, 2.75) is 6.42 Å². The zero-order valence-corrected chi connectivity index (χ0v) is 15.2. The van der Waals surface area contributed by atoms with E-state index in [-0.39, 0.29) is 11.0 Å². The second-order valence-corrected chi connectivity index (χ2v) is 6.55. The molecule has 27 heavy (non-hydrogen) atoms. The zero-order valence-electron chi connectivity index (χ0n) is 14.4. The summed E-state index contributed by atoms with van der Waals surface area (Å²) in [4.78, 5) is 24.2. The standard InChI is InChI=1S/C19H15ClN6O/c1-26-10-13(9-24-26)15-6-17(18(21)27)25-16-5-11(2-3-14(15)16)4-12-7-22-19(20)23-8-12/h2-3,5-10H,4H2,1H3,(H2,21,27). The molecule has 8 heteroatoms. The smallest absolute Gasteiger partial charge is 0.267 e. The van der Waals surface area contributed by atoms with Gasteiger partial charge in [0.2, 0.25) is 5.28 Å². The predicted octanol–water partition coefficient (Wildman–Crippen LogP) is 2.77. The fourth-order valence-corrected chi connectivity index (χ4v) is 3.07. The van der Waals surface area contributed by atoms with Crippen LogP contribution in [0.1, 0.15) is 21.6 Å². The van der Waals surface area contributed by atoms with Gasteiger partial charge in [-0.2, -0.15) is 5.10 Å². The van der Waals surface area contributed by atoms with Crippen molar-refractivity contribution in [3.8, 4) is 11.1 Å². The molecule has 134 valence electrons. The van der Waals surface area contributed by atoms with Crippen LogP contribution in [0.4, 0.5) is 0 Å². The number of nitrogens with two attached hydrogens (primary N) is 1. The van der Waals surface area contributed by atoms with E-state index in [9.17, 15) is 4.79 Å². The average molecular weight is 379 g/mol. The minimum absolute atomic E-state index is 0.214. The van der Waals surface area contributed by atoms with Crippen LogP contribution in [0.15, 0.2) is 49.1 Å². The van der Waals surface area contributed by atoms with Gasteiger partial charge in [-0.3, -0.25) is 9.48 Å². The molecule has 2 N–H and O–H groups in total. The summed E-state index contributed by atoms with van der Waals surface area (Å²) < 4.78 is 1.71. The number of aryl methyl sites for hydroxylation is 1. The molecule has 0 fully saturated rings. The zero-order chi connectivity index (χ0) is 19.0. The Morgan fingerprint density at radius 3 is 2.59 bits per heavy atom. The van der Waals surface area contributed by atoms with Crippen molar-refractivity contribution in [2.24, 2.45) is 12.8 Å². The number of carbonyl (C=O) groups is 1. The Balaban J connectivity index is 1.82. The molecule has 0 aliphatic rings. The van der Waals surface area contributed by atoms with Gasteiger partial charge >= 0.3 is 0 Å². The topological polar surface area (TPSA) is 99.6 Å². The number of nitrogens with zero attached hydrogens (tertiary/aromatic N) is 5. The van der Waals surface area contributed by atoms with Crippen LogP contribution in [0.5, 0.6) is 0 Å². The number of carbonyl (C=O) groups excluding carboxylic acids is 1. The van der Waals surface area contributed by atoms with E-state index >= 15 is 0 Å². The monoisotopic (exact) mass is 378 g/mol. The molecule has 3 heterocycles. The van der Waals surface area contributed by atoms with E-state index in [1.165, 1.54) is 0 Å². The number of hydrogen-bond donors (Lipinski definition) is 1. The first-order valence-corrected chi connectivity index (χ1v) is 8.56. The Morgan fingerprint density at radius 2 is 1.93 bits per heavy atom. The number of rotatable bonds is 4. The van der Waals surface area contributed by atoms with Gasteiger partial charge in [0.1, 0.15) is 5.69 Å². The summed E-state index contributed by atoms with van der Waals surface area (Å²) in [5.74, 6) is -0.571. The van der Waals surface area contributed by atoms with E-state index in [1.54, 1.807) is 29.3 Å². The maximum absolute atomic E-state index is 11.8. The van der Waals surface area contributed by atoms with E-state index in [4.69, 9.17) is 17.3 Å². The summed E-state index contributed by atoms with van der Waals surface area (Å²) in [7, 11) is 1.84. The first-order chi connectivity index (χ1) is 13.0. The highest BCUT2D eigenvalue weighted by atomic mass is 35.5. The van der Waals surface area contributed by atoms with Gasteiger partial charge in [0, 0.05) is 43.0 Å². The number of hydrogen-bond acceptors (Lipinski definition) is 5. The highest BCUT2D eigenvalue weighted by molar-refractivity contribution is 6.28. The molecule has 0 atom stereocenters. The van der Waals surface area contributed by atoms with Crippen molar-refractivity contribution in [1.82, 2.24) is 24.7 Å². The molecule has 1 aromatic carbocycles. The van der Waals surface area contributed by atoms with Gasteiger partial charge in [-0.25, -0.2) is 15.0 Å². The van der Waals surface area contributed by atoms with E-state index in [0.717, 1.165) is 27.6 Å². The fraction of sp³-hybridized carbons (Fsp3) is 0.105. The lowest BCUT2D eigenvalue weighted by Crippen LogP contribution is -2.13. The fourth-order valence-electron chi connectivity index (χ4n) is 2.98. The van der Waals surface area contributed by atoms with Crippen LogP contribution in [0.3, 0.4) is 0 Å². The summed E-state index contributed by atoms with van der Waals surface area (Å²) >= 11 is 5.73. The highest BCUT2D eigenvalue weighted by Crippen LogP contribution is 2.29. The van der Waals surface area contributed by atoms with E-state index in [0.29, 0.717) is 11.9 Å². The third-order valence-corrected chi connectivity index (χ3v) is 4.42. The van der Waals surface area contributed by atoms with Gasteiger partial charge in [0.05, 0.1) is 11.7 Å². The van der Waals surface area contributed by atoms with Crippen LogP contribution in [-0.2, 0) is 13.5 Å². The molecular formula is C19H15ClN6O. The molecule has 0 saturated carbocycles. The van der Waals surface area contributed by atoms with Crippen LogP contribution in [0, 0.1) is 0 Å². The maximum atomic E-state index is 11.8. The minimum Gasteiger partial charge on any atom is -0.364 e. The van der Waals surface area contributed by atoms with Gasteiger partial charge < -0.3 is 5.73 Å². The van der Waals surface area contributed by atoms with Crippen LogP contribution in [0.2, 0.25) is 5.28 Å². The second kappa shape index (κ2) is 6.77. The molecule has 3 aromatic heterocycles. The van der Waals surface area contributed by atoms with Crippen molar-refractivity contribution in [2.75, 3.05) is 0 Å². The number of primary amides is 1. The molecule has 4 aromatic rings. The van der Waals surface area contributed by atoms with Crippen molar-refractivity contribution in [3.05, 3.63) is 71.2 Å². The van der Waals surface area contributed by atoms with Crippen molar-refractivity contribution in [1.29, 1.82) is 0 Å². The van der Waals surface area contributed by atoms with E-state index in [2.05, 4.69) is 20.1 Å². The van der Waals surface area contributed by atoms with Crippen molar-refractivity contribution >= 4 is 28.4 Å². The molecule has 0 unspecified atom stereocenters. The Hall–Kier alpha value is -3.32. The van der Waals surface area contributed by atoms with Gasteiger partial charge in [0.15, 0.2) is 0 Å². The molecule has 0 bridgehead atoms. The second-order valence-electron chi connectivity index (χ2n) is 6.21. The summed E-state index contributed by atoms with van der Waals surface area (Å²) in [6, 6.07) is 7.65. The number of aromatic nitrogens is 5.